The molecular formula is C28H48N3O8+. The summed E-state index contributed by atoms with van der Waals surface area (Å²) in [6.07, 6.45) is 19.1. The van der Waals surface area contributed by atoms with Gasteiger partial charge in [-0.3, -0.25) is 20.2 Å². The van der Waals surface area contributed by atoms with E-state index in [0.717, 1.165) is 31.5 Å². The van der Waals surface area contributed by atoms with Crippen LogP contribution in [0.2, 0.25) is 0 Å². The highest BCUT2D eigenvalue weighted by atomic mass is 16.8. The molecule has 2 aliphatic rings. The molecule has 222 valence electrons. The van der Waals surface area contributed by atoms with Crippen molar-refractivity contribution in [1.82, 2.24) is 0 Å². The second-order valence-electron chi connectivity index (χ2n) is 11.5. The summed E-state index contributed by atoms with van der Waals surface area (Å²) in [6.45, 7) is 3.60. The highest BCUT2D eigenvalue weighted by Gasteiger charge is 2.59. The molecule has 1 aliphatic carbocycles. The van der Waals surface area contributed by atoms with Gasteiger partial charge in [0, 0.05) is 6.08 Å². The smallest absolute Gasteiger partial charge is 0.317 e. The molecule has 0 aromatic heterocycles. The van der Waals surface area contributed by atoms with Crippen molar-refractivity contribution >= 4 is 0 Å². The average Bonchev–Trinajstić information content (AvgIpc) is 3.26. The van der Waals surface area contributed by atoms with Crippen LogP contribution in [0, 0.1) is 20.2 Å². The third-order valence-corrected chi connectivity index (χ3v) is 7.54. The Kier molecular flexibility index (Phi) is 13.4. The Bertz CT molecular complexity index is 910. The van der Waals surface area contributed by atoms with Gasteiger partial charge < -0.3 is 24.2 Å². The lowest BCUT2D eigenvalue weighted by molar-refractivity contribution is -0.893. The molecule has 1 spiro atoms. The van der Waals surface area contributed by atoms with Gasteiger partial charge >= 0.3 is 5.70 Å². The quantitative estimate of drug-likeness (QED) is 0.0620. The summed E-state index contributed by atoms with van der Waals surface area (Å²) in [5, 5.41) is 42.5. The van der Waals surface area contributed by atoms with E-state index in [4.69, 9.17) is 9.47 Å². The summed E-state index contributed by atoms with van der Waals surface area (Å²) >= 11 is 0. The Morgan fingerprint density at radius 1 is 0.897 bits per heavy atom. The molecule has 0 bridgehead atoms. The lowest BCUT2D eigenvalue weighted by atomic mass is 9.96. The molecule has 2 N–H and O–H groups in total. The fourth-order valence-corrected chi connectivity index (χ4v) is 5.40. The number of quaternary nitrogens is 1. The maximum Gasteiger partial charge on any atom is 0.317 e. The van der Waals surface area contributed by atoms with E-state index in [1.807, 2.05) is 14.1 Å². The van der Waals surface area contributed by atoms with Gasteiger partial charge in [-0.15, -0.1) is 0 Å². The Labute approximate surface area is 232 Å². The van der Waals surface area contributed by atoms with Gasteiger partial charge in [0.1, 0.15) is 18.2 Å². The van der Waals surface area contributed by atoms with Gasteiger partial charge in [-0.2, -0.15) is 0 Å². The molecule has 1 saturated heterocycles. The molecule has 0 aromatic rings. The van der Waals surface area contributed by atoms with Gasteiger partial charge in [0.2, 0.25) is 0 Å². The third kappa shape index (κ3) is 10.2. The number of allylic oxidation sites excluding steroid dienone is 1. The van der Waals surface area contributed by atoms with E-state index >= 15 is 0 Å². The zero-order chi connectivity index (χ0) is 28.9. The van der Waals surface area contributed by atoms with Crippen molar-refractivity contribution in [2.45, 2.75) is 109 Å². The number of ether oxygens (including phenoxy) is 2. The third-order valence-electron chi connectivity index (χ3n) is 7.54. The average molecular weight is 555 g/mol. The second-order valence-corrected chi connectivity index (χ2v) is 11.5. The summed E-state index contributed by atoms with van der Waals surface area (Å²) < 4.78 is 12.2. The van der Waals surface area contributed by atoms with Gasteiger partial charge in [0.05, 0.1) is 43.2 Å². The number of rotatable bonds is 19. The molecule has 1 heterocycles. The van der Waals surface area contributed by atoms with Crippen molar-refractivity contribution in [2.24, 2.45) is 0 Å². The zero-order valence-electron chi connectivity index (χ0n) is 23.9. The number of likely N-dealkylation sites (N-methyl/N-ethyl adjacent to an activating group) is 1. The topological polar surface area (TPSA) is 145 Å². The first-order chi connectivity index (χ1) is 18.5. The van der Waals surface area contributed by atoms with Gasteiger partial charge in [0.15, 0.2) is 0 Å². The molecule has 1 fully saturated rings. The van der Waals surface area contributed by atoms with E-state index in [0.29, 0.717) is 11.0 Å². The molecule has 11 nitrogen and oxygen atoms in total. The number of unbranched alkanes of at least 4 members (excludes halogenated alkanes) is 13. The highest BCUT2D eigenvalue weighted by molar-refractivity contribution is 5.44. The summed E-state index contributed by atoms with van der Waals surface area (Å²) in [4.78, 5) is 21.3. The van der Waals surface area contributed by atoms with E-state index in [2.05, 4.69) is 6.92 Å². The van der Waals surface area contributed by atoms with Crippen LogP contribution in [0.4, 0.5) is 0 Å². The van der Waals surface area contributed by atoms with E-state index in [9.17, 15) is 30.4 Å². The largest absolute Gasteiger partial charge is 0.481 e. The van der Waals surface area contributed by atoms with Crippen molar-refractivity contribution in [3.05, 3.63) is 55.3 Å². The predicted molar refractivity (Wildman–Crippen MR) is 148 cm³/mol. The summed E-state index contributed by atoms with van der Waals surface area (Å²) in [7, 11) is 4.10. The first kappa shape index (κ1) is 32.7. The lowest BCUT2D eigenvalue weighted by Gasteiger charge is -2.33. The van der Waals surface area contributed by atoms with Gasteiger partial charge in [-0.1, -0.05) is 84.0 Å². The Morgan fingerprint density at radius 3 is 1.87 bits per heavy atom. The van der Waals surface area contributed by atoms with Crippen LogP contribution in [0.5, 0.6) is 0 Å². The van der Waals surface area contributed by atoms with E-state index in [1.165, 1.54) is 77.0 Å². The van der Waals surface area contributed by atoms with Crippen molar-refractivity contribution in [2.75, 3.05) is 33.8 Å². The maximum atomic E-state index is 11.7. The molecule has 2 unspecified atom stereocenters. The van der Waals surface area contributed by atoms with E-state index in [1.54, 1.807) is 0 Å². The minimum atomic E-state index is -2.21. The van der Waals surface area contributed by atoms with Crippen molar-refractivity contribution in [1.29, 1.82) is 0 Å². The second kappa shape index (κ2) is 15.9. The molecule has 39 heavy (non-hydrogen) atoms. The molecule has 0 amide bonds. The van der Waals surface area contributed by atoms with Crippen molar-refractivity contribution < 1.29 is 34.0 Å². The Hall–Kier alpha value is -2.50. The normalized spacial score (nSPS) is 21.2. The summed E-state index contributed by atoms with van der Waals surface area (Å²) in [6, 6.07) is 0. The predicted octanol–water partition coefficient (Wildman–Crippen LogP) is 6.32. The number of hydrogen-bond donors (Lipinski definition) is 2. The van der Waals surface area contributed by atoms with Gasteiger partial charge in [0.25, 0.3) is 17.4 Å². The fraction of sp³-hybridized carbons (Fsp3) is 0.786. The van der Waals surface area contributed by atoms with E-state index < -0.39 is 44.7 Å². The van der Waals surface area contributed by atoms with Crippen LogP contribution in [0.15, 0.2) is 35.1 Å². The summed E-state index contributed by atoms with van der Waals surface area (Å²) in [5.74, 6) is -3.53. The number of nitrogens with zero attached hydrogens (tertiary/aromatic N) is 3. The van der Waals surface area contributed by atoms with Gasteiger partial charge in [-0.25, -0.2) is 0 Å². The molecule has 0 aromatic carbocycles. The zero-order valence-corrected chi connectivity index (χ0v) is 23.9. The van der Waals surface area contributed by atoms with Gasteiger partial charge in [-0.05, 0) is 12.8 Å². The standard InChI is InChI=1S/C28H47N3O8/c1-4-5-6-7-8-9-10-11-12-13-14-15-16-17-18-31(2,3)21-24-22-38-28(39-24)25(27(32)33)19-23(29(34)35)20-26(28)30(36)37/h19-20,24H,4-18,21-22H2,1-3H3,(H-,32,33)/p+1. The van der Waals surface area contributed by atoms with Crippen LogP contribution in [0.1, 0.15) is 96.8 Å². The monoisotopic (exact) mass is 554 g/mol. The highest BCUT2D eigenvalue weighted by Crippen LogP contribution is 2.43. The minimum absolute atomic E-state index is 0.0238. The summed E-state index contributed by atoms with van der Waals surface area (Å²) in [5.41, 5.74) is -1.97. The van der Waals surface area contributed by atoms with Crippen LogP contribution >= 0.6 is 0 Å². The lowest BCUT2D eigenvalue weighted by Crippen LogP contribution is -2.48. The fourth-order valence-electron chi connectivity index (χ4n) is 5.40. The van der Waals surface area contributed by atoms with Crippen LogP contribution in [-0.4, -0.2) is 70.2 Å². The molecule has 1 aliphatic heterocycles. The molecular weight excluding hydrogens is 506 g/mol. The molecule has 0 radical (unpaired) electrons. The molecule has 0 saturated carbocycles. The van der Waals surface area contributed by atoms with Crippen LogP contribution in [0.25, 0.3) is 0 Å². The number of nitro groups is 2. The number of hydrogen-bond acceptors (Lipinski definition) is 8. The molecule has 2 rings (SSSR count). The first-order valence-corrected chi connectivity index (χ1v) is 14.5. The molecule has 11 heteroatoms. The van der Waals surface area contributed by atoms with E-state index in [-0.39, 0.29) is 6.61 Å². The maximum absolute atomic E-state index is 11.7. The van der Waals surface area contributed by atoms with Crippen LogP contribution in [0.3, 0.4) is 0 Å². The first-order valence-electron chi connectivity index (χ1n) is 14.5. The van der Waals surface area contributed by atoms with Crippen LogP contribution in [-0.2, 0) is 9.47 Å². The van der Waals surface area contributed by atoms with Crippen molar-refractivity contribution in [3.63, 3.8) is 0 Å². The number of aliphatic hydroxyl groups is 2. The Morgan fingerprint density at radius 2 is 1.41 bits per heavy atom. The van der Waals surface area contributed by atoms with Crippen LogP contribution < -0.4 is 0 Å². The minimum Gasteiger partial charge on any atom is -0.481 e. The Balaban J connectivity index is 1.73. The SMILES string of the molecule is CCCCCCCCCCCCCCCC[N+](C)(C)CC1COC2(O1)C([N+](=O)[O-])=CC([N+](=O)[O-])=CC2=C(O)O. The van der Waals surface area contributed by atoms with Crippen molar-refractivity contribution in [3.8, 4) is 0 Å². The molecule has 2 atom stereocenters. The number of aliphatic hydroxyl groups excluding tert-OH is 1.